The van der Waals surface area contributed by atoms with Gasteiger partial charge < -0.3 is 5.32 Å². The predicted molar refractivity (Wildman–Crippen MR) is 51.4 cm³/mol. The summed E-state index contributed by atoms with van der Waals surface area (Å²) < 4.78 is 0. The summed E-state index contributed by atoms with van der Waals surface area (Å²) in [5.74, 6) is -0.391. The Hall–Kier alpha value is -1.41. The average Bonchev–Trinajstić information content (AvgIpc) is 2.99. The van der Waals surface area contributed by atoms with Crippen LogP contribution in [0.4, 0.5) is 0 Å². The van der Waals surface area contributed by atoms with Gasteiger partial charge in [0.25, 0.3) is 0 Å². The lowest BCUT2D eigenvalue weighted by Crippen LogP contribution is -2.51. The minimum atomic E-state index is -0.845. The highest BCUT2D eigenvalue weighted by Crippen LogP contribution is 2.47. The zero-order valence-electron chi connectivity index (χ0n) is 8.78. The summed E-state index contributed by atoms with van der Waals surface area (Å²) in [6.07, 6.45) is 0.705. The van der Waals surface area contributed by atoms with Gasteiger partial charge in [0.15, 0.2) is 0 Å². The van der Waals surface area contributed by atoms with Gasteiger partial charge in [0.2, 0.25) is 11.8 Å². The molecule has 1 saturated carbocycles. The van der Waals surface area contributed by atoms with Crippen molar-refractivity contribution >= 4 is 11.8 Å². The molecule has 1 aliphatic heterocycles. The van der Waals surface area contributed by atoms with Crippen molar-refractivity contribution in [2.45, 2.75) is 18.9 Å². The van der Waals surface area contributed by atoms with Crippen LogP contribution in [0.15, 0.2) is 0 Å². The van der Waals surface area contributed by atoms with Gasteiger partial charge in [-0.15, -0.1) is 0 Å². The Balaban J connectivity index is 2.11. The molecule has 2 rings (SSSR count). The van der Waals surface area contributed by atoms with E-state index < -0.39 is 5.54 Å². The van der Waals surface area contributed by atoms with Gasteiger partial charge in [-0.2, -0.15) is 5.26 Å². The molecule has 0 aromatic carbocycles. The molecule has 3 unspecified atom stereocenters. The Kier molecular flexibility index (Phi) is 2.05. The number of carbonyl (C=O) groups excluding carboxylic acids is 2. The fourth-order valence-corrected chi connectivity index (χ4v) is 1.89. The molecule has 0 radical (unpaired) electrons. The minimum Gasteiger partial charge on any atom is -0.301 e. The number of rotatable bonds is 3. The average molecular weight is 207 g/mol. The number of amides is 2. The summed E-state index contributed by atoms with van der Waals surface area (Å²) in [5.41, 5.74) is -0.845. The van der Waals surface area contributed by atoms with E-state index in [1.54, 1.807) is 14.0 Å². The summed E-state index contributed by atoms with van der Waals surface area (Å²) >= 11 is 0. The summed E-state index contributed by atoms with van der Waals surface area (Å²) in [6.45, 7) is 1.82. The number of carbonyl (C=O) groups is 2. The zero-order valence-corrected chi connectivity index (χ0v) is 8.78. The Bertz CT molecular complexity index is 353. The predicted octanol–water partition coefficient (Wildman–Crippen LogP) is -0.507. The lowest BCUT2D eigenvalue weighted by Gasteiger charge is -2.26. The van der Waals surface area contributed by atoms with Crippen molar-refractivity contribution < 1.29 is 9.59 Å². The molecule has 3 atom stereocenters. The van der Waals surface area contributed by atoms with Crippen LogP contribution in [-0.2, 0) is 9.59 Å². The van der Waals surface area contributed by atoms with Crippen LogP contribution in [0.2, 0.25) is 0 Å². The first-order chi connectivity index (χ1) is 7.02. The lowest BCUT2D eigenvalue weighted by molar-refractivity contribution is -0.142. The van der Waals surface area contributed by atoms with Gasteiger partial charge >= 0.3 is 0 Å². The van der Waals surface area contributed by atoms with E-state index in [2.05, 4.69) is 11.4 Å². The molecule has 1 saturated heterocycles. The number of nitrogens with zero attached hydrogens (tertiary/aromatic N) is 2. The summed E-state index contributed by atoms with van der Waals surface area (Å²) in [7, 11) is 1.65. The third-order valence-corrected chi connectivity index (χ3v) is 3.23. The molecule has 80 valence electrons. The number of imide groups is 1. The second-order valence-electron chi connectivity index (χ2n) is 4.41. The summed E-state index contributed by atoms with van der Waals surface area (Å²) in [5, 5.41) is 11.8. The number of likely N-dealkylation sites (N-methyl/N-ethyl adjacent to an activating group) is 1. The summed E-state index contributed by atoms with van der Waals surface area (Å²) in [4.78, 5) is 24.5. The number of hydrogen-bond acceptors (Lipinski definition) is 4. The van der Waals surface area contributed by atoms with Crippen LogP contribution in [0.25, 0.3) is 0 Å². The van der Waals surface area contributed by atoms with E-state index in [0.29, 0.717) is 6.42 Å². The molecule has 0 spiro atoms. The minimum absolute atomic E-state index is 0.0858. The van der Waals surface area contributed by atoms with Crippen LogP contribution in [0, 0.1) is 23.2 Å². The number of fused-ring (bicyclic) bond motifs is 1. The highest BCUT2D eigenvalue weighted by Gasteiger charge is 2.59. The molecule has 5 nitrogen and oxygen atoms in total. The molecule has 0 aromatic rings. The molecule has 2 amide bonds. The standard InChI is InChI=1S/C10H13N3O2/c1-10(4-11,12-2)5-13-8(14)6-3-7(6)9(13)15/h6-7,12H,3,5H2,1-2H3. The Labute approximate surface area is 88.0 Å². The Morgan fingerprint density at radius 3 is 2.47 bits per heavy atom. The van der Waals surface area contributed by atoms with Crippen molar-refractivity contribution in [3.63, 3.8) is 0 Å². The molecule has 15 heavy (non-hydrogen) atoms. The first-order valence-electron chi connectivity index (χ1n) is 4.98. The Morgan fingerprint density at radius 1 is 1.53 bits per heavy atom. The fourth-order valence-electron chi connectivity index (χ4n) is 1.89. The van der Waals surface area contributed by atoms with Gasteiger partial charge in [0.1, 0.15) is 5.54 Å². The van der Waals surface area contributed by atoms with E-state index >= 15 is 0 Å². The maximum Gasteiger partial charge on any atom is 0.233 e. The first-order valence-corrected chi connectivity index (χ1v) is 4.98. The van der Waals surface area contributed by atoms with Crippen LogP contribution < -0.4 is 5.32 Å². The molecule has 1 N–H and O–H groups in total. The smallest absolute Gasteiger partial charge is 0.233 e. The van der Waals surface area contributed by atoms with Crippen molar-refractivity contribution in [2.75, 3.05) is 13.6 Å². The number of piperidine rings is 1. The highest BCUT2D eigenvalue weighted by molar-refractivity contribution is 6.08. The van der Waals surface area contributed by atoms with Gasteiger partial charge in [-0.05, 0) is 20.4 Å². The molecule has 0 aromatic heterocycles. The quantitative estimate of drug-likeness (QED) is 0.633. The van der Waals surface area contributed by atoms with E-state index in [4.69, 9.17) is 5.26 Å². The molecular weight excluding hydrogens is 194 g/mol. The van der Waals surface area contributed by atoms with Crippen molar-refractivity contribution in [3.8, 4) is 6.07 Å². The molecule has 1 heterocycles. The van der Waals surface area contributed by atoms with Gasteiger partial charge in [0.05, 0.1) is 24.4 Å². The highest BCUT2D eigenvalue weighted by atomic mass is 16.2. The lowest BCUT2D eigenvalue weighted by atomic mass is 10.0. The van der Waals surface area contributed by atoms with Gasteiger partial charge in [0, 0.05) is 0 Å². The van der Waals surface area contributed by atoms with Crippen LogP contribution in [0.5, 0.6) is 0 Å². The monoisotopic (exact) mass is 207 g/mol. The van der Waals surface area contributed by atoms with Crippen LogP contribution >= 0.6 is 0 Å². The van der Waals surface area contributed by atoms with E-state index in [9.17, 15) is 9.59 Å². The molecule has 1 aliphatic carbocycles. The maximum atomic E-state index is 11.6. The summed E-state index contributed by atoms with van der Waals surface area (Å²) in [6, 6.07) is 2.07. The van der Waals surface area contributed by atoms with E-state index in [0.717, 1.165) is 0 Å². The third-order valence-electron chi connectivity index (χ3n) is 3.23. The van der Waals surface area contributed by atoms with Crippen molar-refractivity contribution in [1.82, 2.24) is 10.2 Å². The molecule has 5 heteroatoms. The normalized spacial score (nSPS) is 32.2. The first kappa shape index (κ1) is 10.1. The molecule has 0 bridgehead atoms. The zero-order chi connectivity index (χ0) is 11.2. The number of likely N-dealkylation sites (tertiary alicyclic amines) is 1. The van der Waals surface area contributed by atoms with Crippen LogP contribution in [0.3, 0.4) is 0 Å². The maximum absolute atomic E-state index is 11.6. The van der Waals surface area contributed by atoms with Crippen molar-refractivity contribution in [2.24, 2.45) is 11.8 Å². The second-order valence-corrected chi connectivity index (χ2v) is 4.41. The van der Waals surface area contributed by atoms with E-state index in [-0.39, 0.29) is 30.2 Å². The Morgan fingerprint density at radius 2 is 2.07 bits per heavy atom. The fraction of sp³-hybridized carbons (Fsp3) is 0.700. The number of hydrogen-bond donors (Lipinski definition) is 1. The van der Waals surface area contributed by atoms with Crippen LogP contribution in [0.1, 0.15) is 13.3 Å². The van der Waals surface area contributed by atoms with Gasteiger partial charge in [-0.1, -0.05) is 0 Å². The van der Waals surface area contributed by atoms with Crippen molar-refractivity contribution in [1.29, 1.82) is 5.26 Å². The largest absolute Gasteiger partial charge is 0.301 e. The molecule has 2 aliphatic rings. The van der Waals surface area contributed by atoms with Crippen molar-refractivity contribution in [3.05, 3.63) is 0 Å². The van der Waals surface area contributed by atoms with E-state index in [1.807, 2.05) is 0 Å². The molecule has 2 fully saturated rings. The third kappa shape index (κ3) is 1.41. The number of nitriles is 1. The molecular formula is C10H13N3O2. The van der Waals surface area contributed by atoms with E-state index in [1.165, 1.54) is 4.90 Å². The second kappa shape index (κ2) is 3.04. The van der Waals surface area contributed by atoms with Gasteiger partial charge in [-0.25, -0.2) is 0 Å². The van der Waals surface area contributed by atoms with Crippen LogP contribution in [-0.4, -0.2) is 35.8 Å². The topological polar surface area (TPSA) is 73.2 Å². The number of nitrogens with one attached hydrogen (secondary N) is 1. The SMILES string of the molecule is CNC(C)(C#N)CN1C(=O)C2CC2C1=O. The van der Waals surface area contributed by atoms with Gasteiger partial charge in [-0.3, -0.25) is 14.5 Å².